The van der Waals surface area contributed by atoms with Crippen LogP contribution >= 0.6 is 0 Å². The lowest BCUT2D eigenvalue weighted by molar-refractivity contribution is 0.145. The first kappa shape index (κ1) is 18.4. The molecule has 27 heavy (non-hydrogen) atoms. The lowest BCUT2D eigenvalue weighted by Crippen LogP contribution is -2.29. The van der Waals surface area contributed by atoms with Crippen LogP contribution in [-0.2, 0) is 14.7 Å². The van der Waals surface area contributed by atoms with Crippen LogP contribution in [0.2, 0.25) is 5.82 Å². The highest BCUT2D eigenvalue weighted by Crippen LogP contribution is 2.34. The molecule has 0 spiro atoms. The van der Waals surface area contributed by atoms with Gasteiger partial charge in [0.25, 0.3) is 0 Å². The van der Waals surface area contributed by atoms with E-state index in [2.05, 4.69) is 57.2 Å². The first-order valence-corrected chi connectivity index (χ1v) is 9.80. The zero-order valence-corrected chi connectivity index (χ0v) is 16.3. The zero-order chi connectivity index (χ0) is 18.9. The molecule has 6 rings (SSSR count). The molecule has 0 saturated carbocycles. The van der Waals surface area contributed by atoms with Crippen LogP contribution in [0.25, 0.3) is 0 Å². The Hall–Kier alpha value is -1.98. The minimum atomic E-state index is -0.236. The van der Waals surface area contributed by atoms with Crippen LogP contribution in [0.1, 0.15) is 38.3 Å². The first-order valence-electron chi connectivity index (χ1n) is 9.80. The molecule has 4 nitrogen and oxygen atoms in total. The van der Waals surface area contributed by atoms with E-state index in [9.17, 15) is 0 Å². The van der Waals surface area contributed by atoms with Gasteiger partial charge in [-0.1, -0.05) is 51.5 Å². The average molecular weight is 366 g/mol. The van der Waals surface area contributed by atoms with E-state index in [1.807, 2.05) is 12.1 Å². The Morgan fingerprint density at radius 2 is 1.41 bits per heavy atom. The summed E-state index contributed by atoms with van der Waals surface area (Å²) in [6, 6.07) is 16.8. The monoisotopic (exact) mass is 366 g/mol. The van der Waals surface area contributed by atoms with Gasteiger partial charge < -0.3 is 18.8 Å². The van der Waals surface area contributed by atoms with Crippen molar-refractivity contribution < 1.29 is 18.8 Å². The van der Waals surface area contributed by atoms with Crippen molar-refractivity contribution >= 4 is 7.12 Å². The van der Waals surface area contributed by atoms with Crippen LogP contribution < -0.4 is 9.47 Å². The molecule has 2 atom stereocenters. The number of hydrogen-bond donors (Lipinski definition) is 0. The van der Waals surface area contributed by atoms with Gasteiger partial charge >= 0.3 is 7.12 Å². The Morgan fingerprint density at radius 3 is 1.96 bits per heavy atom. The van der Waals surface area contributed by atoms with E-state index < -0.39 is 0 Å². The van der Waals surface area contributed by atoms with Crippen LogP contribution in [0.3, 0.4) is 0 Å². The topological polar surface area (TPSA) is 36.9 Å². The molecular formula is C22H27BO4. The molecule has 2 aromatic rings. The van der Waals surface area contributed by atoms with Crippen LogP contribution in [-0.4, -0.2) is 33.0 Å². The molecule has 4 aliphatic rings. The fraction of sp³-hybridized carbons (Fsp3) is 0.455. The van der Waals surface area contributed by atoms with Crippen molar-refractivity contribution in [1.82, 2.24) is 0 Å². The third kappa shape index (κ3) is 3.85. The minimum Gasteiger partial charge on any atom is -0.494 e. The van der Waals surface area contributed by atoms with Crippen LogP contribution in [0.5, 0.6) is 11.5 Å². The van der Waals surface area contributed by atoms with Crippen LogP contribution in [0.15, 0.2) is 48.5 Å². The largest absolute Gasteiger partial charge is 0.494 e. The molecule has 0 radical (unpaired) electrons. The van der Waals surface area contributed by atoms with Crippen molar-refractivity contribution in [3.05, 3.63) is 59.7 Å². The molecule has 142 valence electrons. The smallest absolute Gasteiger partial charge is 0.464 e. The highest BCUT2D eigenvalue weighted by molar-refractivity contribution is 6.47. The maximum Gasteiger partial charge on any atom is 0.464 e. The van der Waals surface area contributed by atoms with Crippen molar-refractivity contribution in [3.8, 4) is 11.5 Å². The fourth-order valence-electron chi connectivity index (χ4n) is 3.69. The number of rotatable bonds is 1. The van der Waals surface area contributed by atoms with Gasteiger partial charge in [0, 0.05) is 11.2 Å². The van der Waals surface area contributed by atoms with Gasteiger partial charge in [-0.15, -0.1) is 0 Å². The summed E-state index contributed by atoms with van der Waals surface area (Å²) in [4.78, 5) is 0. The van der Waals surface area contributed by atoms with Crippen molar-refractivity contribution in [1.29, 1.82) is 0 Å². The summed E-state index contributed by atoms with van der Waals surface area (Å²) in [5, 5.41) is 0. The Labute approximate surface area is 161 Å². The third-order valence-corrected chi connectivity index (χ3v) is 5.73. The van der Waals surface area contributed by atoms with E-state index in [0.29, 0.717) is 19.8 Å². The summed E-state index contributed by atoms with van der Waals surface area (Å²) in [7, 11) is -0.236. The standard InChI is InChI=1S/C22H27BO4/c1-4-18-13-24-19-9-5-16(6-10-19)22(2,3)17-7-11-20(12-8-17)25-14-21-15-26-23(18)27-21/h5-12,18,21H,4,13-15H2,1-3H3. The van der Waals surface area contributed by atoms with Crippen molar-refractivity contribution in [2.75, 3.05) is 19.8 Å². The Kier molecular flexibility index (Phi) is 5.15. The van der Waals surface area contributed by atoms with Crippen molar-refractivity contribution in [3.63, 3.8) is 0 Å². The molecule has 4 aliphatic heterocycles. The minimum absolute atomic E-state index is 0.0466. The summed E-state index contributed by atoms with van der Waals surface area (Å²) in [5.74, 6) is 1.93. The molecule has 0 aromatic heterocycles. The van der Waals surface area contributed by atoms with E-state index in [0.717, 1.165) is 17.9 Å². The number of ether oxygens (including phenoxy) is 2. The molecule has 2 unspecified atom stereocenters. The van der Waals surface area contributed by atoms with E-state index in [1.54, 1.807) is 0 Å². The summed E-state index contributed by atoms with van der Waals surface area (Å²) in [6.07, 6.45) is 0.888. The maximum atomic E-state index is 6.06. The van der Waals surface area contributed by atoms with Gasteiger partial charge in [-0.2, -0.15) is 0 Å². The summed E-state index contributed by atoms with van der Waals surface area (Å²) >= 11 is 0. The second-order valence-corrected chi connectivity index (χ2v) is 7.92. The number of hydrogen-bond acceptors (Lipinski definition) is 4. The van der Waals surface area contributed by atoms with Crippen LogP contribution in [0, 0.1) is 0 Å². The summed E-state index contributed by atoms with van der Waals surface area (Å²) in [5.41, 5.74) is 2.41. The van der Waals surface area contributed by atoms with Crippen molar-refractivity contribution in [2.24, 2.45) is 0 Å². The lowest BCUT2D eigenvalue weighted by Gasteiger charge is -2.26. The fourth-order valence-corrected chi connectivity index (χ4v) is 3.69. The molecule has 1 fully saturated rings. The SMILES string of the molecule is CCC1COc2ccc(cc2)C(C)(C)c2ccc(cc2)OCC2COB1O2. The maximum absolute atomic E-state index is 6.06. The normalized spacial score (nSPS) is 24.3. The highest BCUT2D eigenvalue weighted by Gasteiger charge is 2.38. The molecule has 1 saturated heterocycles. The van der Waals surface area contributed by atoms with E-state index in [-0.39, 0.29) is 24.5 Å². The van der Waals surface area contributed by atoms with Gasteiger partial charge in [-0.05, 0) is 35.4 Å². The number of fused-ring (bicyclic) bond motifs is 2. The predicted molar refractivity (Wildman–Crippen MR) is 107 cm³/mol. The van der Waals surface area contributed by atoms with E-state index in [4.69, 9.17) is 18.8 Å². The zero-order valence-electron chi connectivity index (χ0n) is 16.3. The second kappa shape index (κ2) is 7.57. The van der Waals surface area contributed by atoms with Crippen LogP contribution in [0.4, 0.5) is 0 Å². The molecular weight excluding hydrogens is 339 g/mol. The molecule has 6 bridgehead atoms. The van der Waals surface area contributed by atoms with E-state index >= 15 is 0 Å². The third-order valence-electron chi connectivity index (χ3n) is 5.73. The van der Waals surface area contributed by atoms with Crippen molar-refractivity contribution in [2.45, 2.75) is 44.5 Å². The molecule has 4 heterocycles. The molecule has 5 heteroatoms. The van der Waals surface area contributed by atoms with Gasteiger partial charge in [0.15, 0.2) is 0 Å². The number of benzene rings is 2. The molecule has 0 N–H and O–H groups in total. The molecule has 2 aromatic carbocycles. The molecule has 0 aliphatic carbocycles. The van der Waals surface area contributed by atoms with Gasteiger partial charge in [-0.3, -0.25) is 0 Å². The molecule has 0 amide bonds. The quantitative estimate of drug-likeness (QED) is 0.698. The van der Waals surface area contributed by atoms with Gasteiger partial charge in [0.1, 0.15) is 18.1 Å². The van der Waals surface area contributed by atoms with Gasteiger partial charge in [-0.25, -0.2) is 0 Å². The lowest BCUT2D eigenvalue weighted by atomic mass is 9.71. The van der Waals surface area contributed by atoms with E-state index in [1.165, 1.54) is 11.1 Å². The predicted octanol–water partition coefficient (Wildman–Crippen LogP) is 4.47. The Bertz CT molecular complexity index is 757. The Morgan fingerprint density at radius 1 is 0.852 bits per heavy atom. The second-order valence-electron chi connectivity index (χ2n) is 7.92. The summed E-state index contributed by atoms with van der Waals surface area (Å²) in [6.45, 7) is 8.25. The van der Waals surface area contributed by atoms with Gasteiger partial charge in [0.2, 0.25) is 0 Å². The first-order chi connectivity index (χ1) is 13.1. The highest BCUT2D eigenvalue weighted by atomic mass is 16.7. The Balaban J connectivity index is 1.65. The summed E-state index contributed by atoms with van der Waals surface area (Å²) < 4.78 is 23.9. The average Bonchev–Trinajstić information content (AvgIpc) is 3.16. The van der Waals surface area contributed by atoms with Gasteiger partial charge in [0.05, 0.1) is 19.3 Å².